The third-order valence-electron chi connectivity index (χ3n) is 14.9. The van der Waals surface area contributed by atoms with E-state index < -0.39 is 16.1 Å². The van der Waals surface area contributed by atoms with Crippen molar-refractivity contribution in [3.05, 3.63) is 255 Å². The molecular formula is C70H60N2Si2. The fourth-order valence-electron chi connectivity index (χ4n) is 11.0. The zero-order chi connectivity index (χ0) is 50.6. The van der Waals surface area contributed by atoms with E-state index in [0.717, 1.165) is 34.1 Å². The van der Waals surface area contributed by atoms with Crippen molar-refractivity contribution in [1.82, 2.24) is 0 Å². The standard InChI is InChI=1S/C70H60N2Si2/c1-73(2,3)59-37-33-57(34-38-59)71(67-47-55(49-19-11-7-12-20-49)29-41-61(67)51-23-15-9-16-24-51)65-45-31-53-28-44-64-66(46-32-54-27-43-63(65)69(53)70(54)64)72(58-35-39-60(40-36-58)74(4,5)6)68-48-56(50-21-13-8-14-22-50)30-42-62(68)52-25-17-10-18-26-52/h7-48H,1-6H3. The normalized spacial score (nSPS) is 11.9. The smallest absolute Gasteiger partial charge is 0.0775 e. The van der Waals surface area contributed by atoms with Gasteiger partial charge in [0.1, 0.15) is 0 Å². The Kier molecular flexibility index (Phi) is 12.0. The molecule has 74 heavy (non-hydrogen) atoms. The van der Waals surface area contributed by atoms with Crippen LogP contribution in [0.2, 0.25) is 39.3 Å². The molecule has 0 unspecified atom stereocenters. The van der Waals surface area contributed by atoms with Crippen molar-refractivity contribution in [2.24, 2.45) is 0 Å². The summed E-state index contributed by atoms with van der Waals surface area (Å²) in [5.74, 6) is 0. The van der Waals surface area contributed by atoms with Crippen LogP contribution in [0.3, 0.4) is 0 Å². The van der Waals surface area contributed by atoms with Crippen molar-refractivity contribution in [3.63, 3.8) is 0 Å². The van der Waals surface area contributed by atoms with Gasteiger partial charge in [-0.3, -0.25) is 0 Å². The van der Waals surface area contributed by atoms with Crippen LogP contribution < -0.4 is 20.2 Å². The minimum absolute atomic E-state index is 1.13. The first-order chi connectivity index (χ1) is 36.0. The zero-order valence-electron chi connectivity index (χ0n) is 43.1. The minimum Gasteiger partial charge on any atom is -0.309 e. The van der Waals surface area contributed by atoms with Gasteiger partial charge in [0, 0.05) is 33.3 Å². The predicted octanol–water partition coefficient (Wildman–Crippen LogP) is 19.3. The maximum atomic E-state index is 2.53. The molecule has 0 aliphatic carbocycles. The highest BCUT2D eigenvalue weighted by atomic mass is 28.3. The Hall–Kier alpha value is -8.29. The molecule has 0 aliphatic rings. The summed E-state index contributed by atoms with van der Waals surface area (Å²) in [5, 5.41) is 10.3. The lowest BCUT2D eigenvalue weighted by Gasteiger charge is -2.32. The summed E-state index contributed by atoms with van der Waals surface area (Å²) < 4.78 is 0. The molecule has 0 bridgehead atoms. The van der Waals surface area contributed by atoms with Crippen LogP contribution in [-0.4, -0.2) is 16.1 Å². The molecule has 0 saturated carbocycles. The molecule has 0 aromatic heterocycles. The van der Waals surface area contributed by atoms with E-state index in [1.807, 2.05) is 0 Å². The average Bonchev–Trinajstić information content (AvgIpc) is 3.45. The van der Waals surface area contributed by atoms with Gasteiger partial charge in [0.2, 0.25) is 0 Å². The first-order valence-electron chi connectivity index (χ1n) is 26.0. The lowest BCUT2D eigenvalue weighted by Crippen LogP contribution is -2.37. The minimum atomic E-state index is -1.59. The third kappa shape index (κ3) is 8.70. The Morgan fingerprint density at radius 1 is 0.257 bits per heavy atom. The first kappa shape index (κ1) is 46.8. The number of rotatable bonds is 12. The quantitative estimate of drug-likeness (QED) is 0.0889. The van der Waals surface area contributed by atoms with Crippen molar-refractivity contribution >= 4 is 93.0 Å². The van der Waals surface area contributed by atoms with Gasteiger partial charge in [-0.05, 0) is 103 Å². The molecule has 0 atom stereocenters. The van der Waals surface area contributed by atoms with Gasteiger partial charge in [0.05, 0.1) is 38.9 Å². The molecule has 0 N–H and O–H groups in total. The van der Waals surface area contributed by atoms with Crippen LogP contribution in [0.1, 0.15) is 0 Å². The number of benzene rings is 12. The fraction of sp³-hybridized carbons (Fsp3) is 0.0857. The molecule has 12 aromatic carbocycles. The molecule has 0 spiro atoms. The summed E-state index contributed by atoms with van der Waals surface area (Å²) in [7, 11) is -3.19. The maximum absolute atomic E-state index is 2.53. The van der Waals surface area contributed by atoms with Gasteiger partial charge in [0.15, 0.2) is 0 Å². The van der Waals surface area contributed by atoms with Crippen LogP contribution in [0.25, 0.3) is 76.8 Å². The highest BCUT2D eigenvalue weighted by Crippen LogP contribution is 2.51. The first-order valence-corrected chi connectivity index (χ1v) is 33.0. The van der Waals surface area contributed by atoms with Crippen molar-refractivity contribution in [1.29, 1.82) is 0 Å². The van der Waals surface area contributed by atoms with E-state index in [2.05, 4.69) is 304 Å². The number of hydrogen-bond donors (Lipinski definition) is 0. The van der Waals surface area contributed by atoms with E-state index in [4.69, 9.17) is 0 Å². The van der Waals surface area contributed by atoms with E-state index in [-0.39, 0.29) is 0 Å². The van der Waals surface area contributed by atoms with E-state index in [1.165, 1.54) is 87.2 Å². The number of nitrogens with zero attached hydrogens (tertiary/aromatic N) is 2. The van der Waals surface area contributed by atoms with E-state index >= 15 is 0 Å². The van der Waals surface area contributed by atoms with Crippen molar-refractivity contribution in [2.45, 2.75) is 39.3 Å². The van der Waals surface area contributed by atoms with Gasteiger partial charge in [-0.25, -0.2) is 0 Å². The van der Waals surface area contributed by atoms with Gasteiger partial charge < -0.3 is 9.80 Å². The monoisotopic (exact) mass is 984 g/mol. The fourth-order valence-corrected chi connectivity index (χ4v) is 13.3. The highest BCUT2D eigenvalue weighted by Gasteiger charge is 2.27. The van der Waals surface area contributed by atoms with Crippen LogP contribution in [0.4, 0.5) is 34.1 Å². The molecule has 358 valence electrons. The third-order valence-corrected chi connectivity index (χ3v) is 19.1. The second-order valence-corrected chi connectivity index (χ2v) is 31.9. The Bertz CT molecular complexity index is 3670. The molecule has 0 fully saturated rings. The molecule has 0 amide bonds. The molecule has 0 radical (unpaired) electrons. The van der Waals surface area contributed by atoms with Crippen molar-refractivity contribution in [3.8, 4) is 44.5 Å². The van der Waals surface area contributed by atoms with Crippen molar-refractivity contribution in [2.75, 3.05) is 9.80 Å². The SMILES string of the molecule is C[Si](C)(C)c1ccc(N(c2cc(-c3ccccc3)ccc2-c2ccccc2)c2ccc3ccc4c(N(c5ccc([Si](C)(C)C)cc5)c5cc(-c6ccccc6)ccc5-c5ccccc5)ccc5ccc2c3c54)cc1. The Morgan fingerprint density at radius 2 is 0.581 bits per heavy atom. The Balaban J connectivity index is 1.13. The second kappa shape index (κ2) is 19.0. The van der Waals surface area contributed by atoms with Crippen LogP contribution in [0.5, 0.6) is 0 Å². The van der Waals surface area contributed by atoms with Gasteiger partial charge >= 0.3 is 0 Å². The lowest BCUT2D eigenvalue weighted by atomic mass is 9.91. The zero-order valence-corrected chi connectivity index (χ0v) is 45.1. The van der Waals surface area contributed by atoms with Crippen LogP contribution >= 0.6 is 0 Å². The summed E-state index contributed by atoms with van der Waals surface area (Å²) in [4.78, 5) is 5.06. The lowest BCUT2D eigenvalue weighted by molar-refractivity contribution is 1.30. The highest BCUT2D eigenvalue weighted by molar-refractivity contribution is 6.89. The Labute approximate surface area is 438 Å². The van der Waals surface area contributed by atoms with E-state index in [9.17, 15) is 0 Å². The molecule has 4 heteroatoms. The van der Waals surface area contributed by atoms with Gasteiger partial charge in [-0.1, -0.05) is 256 Å². The average molecular weight is 985 g/mol. The van der Waals surface area contributed by atoms with E-state index in [1.54, 1.807) is 0 Å². The topological polar surface area (TPSA) is 6.48 Å². The van der Waals surface area contributed by atoms with Crippen LogP contribution in [0, 0.1) is 0 Å². The summed E-state index contributed by atoms with van der Waals surface area (Å²) in [6, 6.07) is 95.1. The summed E-state index contributed by atoms with van der Waals surface area (Å²) >= 11 is 0. The van der Waals surface area contributed by atoms with Gasteiger partial charge in [-0.2, -0.15) is 0 Å². The van der Waals surface area contributed by atoms with Gasteiger partial charge in [-0.15, -0.1) is 0 Å². The number of hydrogen-bond acceptors (Lipinski definition) is 2. The summed E-state index contributed by atoms with van der Waals surface area (Å²) in [6.45, 7) is 14.6. The molecule has 0 saturated heterocycles. The molecule has 0 heterocycles. The van der Waals surface area contributed by atoms with Crippen LogP contribution in [0.15, 0.2) is 255 Å². The molecule has 0 aliphatic heterocycles. The molecule has 12 aromatic rings. The summed E-state index contributed by atoms with van der Waals surface area (Å²) in [6.07, 6.45) is 0. The predicted molar refractivity (Wildman–Crippen MR) is 327 cm³/mol. The summed E-state index contributed by atoms with van der Waals surface area (Å²) in [5.41, 5.74) is 16.2. The van der Waals surface area contributed by atoms with E-state index in [0.29, 0.717) is 0 Å². The Morgan fingerprint density at radius 3 is 0.919 bits per heavy atom. The maximum Gasteiger partial charge on any atom is 0.0775 e. The second-order valence-electron chi connectivity index (χ2n) is 21.8. The van der Waals surface area contributed by atoms with Crippen molar-refractivity contribution < 1.29 is 0 Å². The molecule has 2 nitrogen and oxygen atoms in total. The molecule has 12 rings (SSSR count). The molecular weight excluding hydrogens is 925 g/mol. The number of anilines is 6. The van der Waals surface area contributed by atoms with Crippen LogP contribution in [-0.2, 0) is 0 Å². The largest absolute Gasteiger partial charge is 0.309 e. The van der Waals surface area contributed by atoms with Gasteiger partial charge in [0.25, 0.3) is 0 Å².